The summed E-state index contributed by atoms with van der Waals surface area (Å²) >= 11 is 1.47. The van der Waals surface area contributed by atoms with Gasteiger partial charge in [0.2, 0.25) is 0 Å². The molecule has 0 aliphatic carbocycles. The van der Waals surface area contributed by atoms with E-state index in [1.54, 1.807) is 17.3 Å². The normalized spacial score (nSPS) is 9.91. The molecule has 0 radical (unpaired) electrons. The molecule has 7 heteroatoms. The molecular formula is C15H20ClN3O2S. The van der Waals surface area contributed by atoms with Crippen molar-refractivity contribution >= 4 is 29.7 Å². The second-order valence-corrected chi connectivity index (χ2v) is 5.50. The summed E-state index contributed by atoms with van der Waals surface area (Å²) in [7, 11) is 1.75. The maximum atomic E-state index is 12.2. The lowest BCUT2D eigenvalue weighted by Crippen LogP contribution is -2.31. The Morgan fingerprint density at radius 2 is 2.09 bits per heavy atom. The molecule has 0 unspecified atom stereocenters. The van der Waals surface area contributed by atoms with Crippen LogP contribution in [0.5, 0.6) is 5.75 Å². The standard InChI is InChI=1S/C15H19N3O2S.ClH/c1-18(9-10-20-12-5-3-2-4-6-12)15(19)13-11-21-14(17-13)7-8-16;/h2-6,11H,7-10,16H2,1H3;1H. The van der Waals surface area contributed by atoms with Crippen molar-refractivity contribution in [3.05, 3.63) is 46.4 Å². The number of nitrogens with two attached hydrogens (primary N) is 1. The average molecular weight is 342 g/mol. The summed E-state index contributed by atoms with van der Waals surface area (Å²) in [6.45, 7) is 1.51. The quantitative estimate of drug-likeness (QED) is 0.838. The average Bonchev–Trinajstić information content (AvgIpc) is 2.96. The van der Waals surface area contributed by atoms with E-state index in [0.29, 0.717) is 31.8 Å². The highest BCUT2D eigenvalue weighted by molar-refractivity contribution is 7.09. The number of rotatable bonds is 7. The number of carbonyl (C=O) groups excluding carboxylic acids is 1. The van der Waals surface area contributed by atoms with Crippen molar-refractivity contribution in [2.45, 2.75) is 6.42 Å². The lowest BCUT2D eigenvalue weighted by atomic mass is 10.3. The number of hydrogen-bond acceptors (Lipinski definition) is 5. The monoisotopic (exact) mass is 341 g/mol. The molecule has 0 aliphatic rings. The summed E-state index contributed by atoms with van der Waals surface area (Å²) in [5.74, 6) is 0.712. The van der Waals surface area contributed by atoms with Crippen LogP contribution in [-0.4, -0.2) is 42.5 Å². The SMILES string of the molecule is CN(CCOc1ccccc1)C(=O)c1csc(CCN)n1.Cl. The van der Waals surface area contributed by atoms with Crippen LogP contribution in [-0.2, 0) is 6.42 Å². The Kier molecular flexibility index (Phi) is 7.87. The first kappa shape index (κ1) is 18.4. The molecule has 1 heterocycles. The number of nitrogens with zero attached hydrogens (tertiary/aromatic N) is 2. The molecular weight excluding hydrogens is 322 g/mol. The summed E-state index contributed by atoms with van der Waals surface area (Å²) in [5.41, 5.74) is 5.96. The number of ether oxygens (including phenoxy) is 1. The third-order valence-electron chi connectivity index (χ3n) is 2.91. The van der Waals surface area contributed by atoms with E-state index in [4.69, 9.17) is 10.5 Å². The Bertz CT molecular complexity index is 577. The molecule has 22 heavy (non-hydrogen) atoms. The molecule has 0 saturated heterocycles. The number of aromatic nitrogens is 1. The van der Waals surface area contributed by atoms with Gasteiger partial charge in [-0.05, 0) is 18.7 Å². The number of halogens is 1. The van der Waals surface area contributed by atoms with Gasteiger partial charge in [-0.25, -0.2) is 4.98 Å². The molecule has 0 aliphatic heterocycles. The molecule has 0 bridgehead atoms. The van der Waals surface area contributed by atoms with Crippen LogP contribution in [0.25, 0.3) is 0 Å². The lowest BCUT2D eigenvalue weighted by Gasteiger charge is -2.16. The zero-order valence-corrected chi connectivity index (χ0v) is 14.0. The van der Waals surface area contributed by atoms with Crippen molar-refractivity contribution in [1.82, 2.24) is 9.88 Å². The second kappa shape index (κ2) is 9.40. The Morgan fingerprint density at radius 3 is 2.77 bits per heavy atom. The topological polar surface area (TPSA) is 68.5 Å². The van der Waals surface area contributed by atoms with Crippen molar-refractivity contribution < 1.29 is 9.53 Å². The van der Waals surface area contributed by atoms with Crippen LogP contribution in [0.15, 0.2) is 35.7 Å². The summed E-state index contributed by atoms with van der Waals surface area (Å²) in [6, 6.07) is 9.54. The minimum absolute atomic E-state index is 0. The van der Waals surface area contributed by atoms with Crippen molar-refractivity contribution in [2.24, 2.45) is 5.73 Å². The molecule has 2 N–H and O–H groups in total. The Morgan fingerprint density at radius 1 is 1.36 bits per heavy atom. The van der Waals surface area contributed by atoms with Crippen LogP contribution in [0.1, 0.15) is 15.5 Å². The van der Waals surface area contributed by atoms with Gasteiger partial charge in [0.15, 0.2) is 0 Å². The van der Waals surface area contributed by atoms with Gasteiger partial charge >= 0.3 is 0 Å². The first-order chi connectivity index (χ1) is 10.2. The second-order valence-electron chi connectivity index (χ2n) is 4.55. The predicted molar refractivity (Wildman–Crippen MR) is 91.0 cm³/mol. The first-order valence-corrected chi connectivity index (χ1v) is 7.66. The first-order valence-electron chi connectivity index (χ1n) is 6.78. The molecule has 1 aromatic heterocycles. The van der Waals surface area contributed by atoms with E-state index >= 15 is 0 Å². The third-order valence-corrected chi connectivity index (χ3v) is 3.82. The maximum Gasteiger partial charge on any atom is 0.273 e. The number of para-hydroxylation sites is 1. The van der Waals surface area contributed by atoms with E-state index < -0.39 is 0 Å². The largest absolute Gasteiger partial charge is 0.492 e. The van der Waals surface area contributed by atoms with E-state index in [-0.39, 0.29) is 18.3 Å². The molecule has 0 fully saturated rings. The van der Waals surface area contributed by atoms with E-state index in [1.165, 1.54) is 11.3 Å². The minimum Gasteiger partial charge on any atom is -0.492 e. The summed E-state index contributed by atoms with van der Waals surface area (Å²) in [4.78, 5) is 18.1. The molecule has 0 saturated carbocycles. The van der Waals surface area contributed by atoms with Gasteiger partial charge in [-0.3, -0.25) is 4.79 Å². The number of thiazole rings is 1. The van der Waals surface area contributed by atoms with Crippen LogP contribution in [0.2, 0.25) is 0 Å². The molecule has 2 aromatic rings. The minimum atomic E-state index is -0.0915. The summed E-state index contributed by atoms with van der Waals surface area (Å²) in [5, 5.41) is 2.68. The molecule has 120 valence electrons. The summed E-state index contributed by atoms with van der Waals surface area (Å²) in [6.07, 6.45) is 0.707. The molecule has 1 aromatic carbocycles. The van der Waals surface area contributed by atoms with Gasteiger partial charge in [-0.1, -0.05) is 18.2 Å². The van der Waals surface area contributed by atoms with Crippen LogP contribution >= 0.6 is 23.7 Å². The molecule has 2 rings (SSSR count). The van der Waals surface area contributed by atoms with E-state index in [9.17, 15) is 4.79 Å². The fourth-order valence-corrected chi connectivity index (χ4v) is 2.55. The smallest absolute Gasteiger partial charge is 0.273 e. The van der Waals surface area contributed by atoms with Gasteiger partial charge in [-0.15, -0.1) is 23.7 Å². The van der Waals surface area contributed by atoms with Crippen molar-refractivity contribution in [3.8, 4) is 5.75 Å². The number of amides is 1. The van der Waals surface area contributed by atoms with E-state index in [1.807, 2.05) is 30.3 Å². The Labute approximate surface area is 140 Å². The molecule has 0 spiro atoms. The fourth-order valence-electron chi connectivity index (χ4n) is 1.76. The molecule has 5 nitrogen and oxygen atoms in total. The van der Waals surface area contributed by atoms with Gasteiger partial charge in [0.25, 0.3) is 5.91 Å². The van der Waals surface area contributed by atoms with Gasteiger partial charge in [0.05, 0.1) is 11.6 Å². The Balaban J connectivity index is 0.00000242. The molecule has 1 amide bonds. The molecule has 0 atom stereocenters. The van der Waals surface area contributed by atoms with Gasteiger partial charge < -0.3 is 15.4 Å². The zero-order valence-electron chi connectivity index (χ0n) is 12.4. The van der Waals surface area contributed by atoms with E-state index in [2.05, 4.69) is 4.98 Å². The lowest BCUT2D eigenvalue weighted by molar-refractivity contribution is 0.0768. The number of benzene rings is 1. The Hall–Kier alpha value is -1.63. The van der Waals surface area contributed by atoms with Gasteiger partial charge in [-0.2, -0.15) is 0 Å². The van der Waals surface area contributed by atoms with Crippen molar-refractivity contribution in [3.63, 3.8) is 0 Å². The van der Waals surface area contributed by atoms with Crippen LogP contribution in [0.4, 0.5) is 0 Å². The number of hydrogen-bond donors (Lipinski definition) is 1. The fraction of sp³-hybridized carbons (Fsp3) is 0.333. The number of likely N-dealkylation sites (N-methyl/N-ethyl adjacent to an activating group) is 1. The zero-order chi connectivity index (χ0) is 15.1. The van der Waals surface area contributed by atoms with Crippen molar-refractivity contribution in [2.75, 3.05) is 26.7 Å². The highest BCUT2D eigenvalue weighted by Gasteiger charge is 2.15. The predicted octanol–water partition coefficient (Wildman–Crippen LogP) is 2.22. The van der Waals surface area contributed by atoms with Crippen LogP contribution in [0.3, 0.4) is 0 Å². The third kappa shape index (κ3) is 5.29. The van der Waals surface area contributed by atoms with Gasteiger partial charge in [0, 0.05) is 18.8 Å². The highest BCUT2D eigenvalue weighted by atomic mass is 35.5. The highest BCUT2D eigenvalue weighted by Crippen LogP contribution is 2.12. The maximum absolute atomic E-state index is 12.2. The van der Waals surface area contributed by atoms with Gasteiger partial charge in [0.1, 0.15) is 18.1 Å². The van der Waals surface area contributed by atoms with Crippen molar-refractivity contribution in [1.29, 1.82) is 0 Å². The van der Waals surface area contributed by atoms with E-state index in [0.717, 1.165) is 10.8 Å². The van der Waals surface area contributed by atoms with Crippen LogP contribution in [0, 0.1) is 0 Å². The summed E-state index contributed by atoms with van der Waals surface area (Å²) < 4.78 is 5.58. The van der Waals surface area contributed by atoms with Crippen LogP contribution < -0.4 is 10.5 Å². The number of carbonyl (C=O) groups is 1.